The lowest BCUT2D eigenvalue weighted by Crippen LogP contribution is -1.90. The molecule has 0 bridgehead atoms. The van der Waals surface area contributed by atoms with Gasteiger partial charge in [-0.25, -0.2) is 4.39 Å². The van der Waals surface area contributed by atoms with E-state index in [-0.39, 0.29) is 5.82 Å². The van der Waals surface area contributed by atoms with Crippen molar-refractivity contribution in [3.05, 3.63) is 35.6 Å². The Morgan fingerprint density at radius 1 is 1.45 bits per heavy atom. The molecule has 1 atom stereocenters. The van der Waals surface area contributed by atoms with Crippen molar-refractivity contribution in [2.45, 2.75) is 26.2 Å². The minimum atomic E-state index is -0.136. The lowest BCUT2D eigenvalue weighted by molar-refractivity contribution is 0.619. The van der Waals surface area contributed by atoms with E-state index in [0.29, 0.717) is 5.92 Å². The molecule has 0 aromatic heterocycles. The topological polar surface area (TPSA) is 0 Å². The van der Waals surface area contributed by atoms with Crippen molar-refractivity contribution in [2.24, 2.45) is 0 Å². The SMILES string of the molecule is CC[C@@H](C)c1cccc(F)c1. The van der Waals surface area contributed by atoms with E-state index in [4.69, 9.17) is 0 Å². The Morgan fingerprint density at radius 2 is 2.18 bits per heavy atom. The summed E-state index contributed by atoms with van der Waals surface area (Å²) >= 11 is 0. The average Bonchev–Trinajstić information content (AvgIpc) is 2.03. The summed E-state index contributed by atoms with van der Waals surface area (Å²) in [5.74, 6) is 0.327. The summed E-state index contributed by atoms with van der Waals surface area (Å²) in [7, 11) is 0. The third-order valence-electron chi connectivity index (χ3n) is 2.03. The van der Waals surface area contributed by atoms with Gasteiger partial charge in [0, 0.05) is 0 Å². The molecule has 0 heterocycles. The lowest BCUT2D eigenvalue weighted by Gasteiger charge is -2.07. The first-order valence-corrected chi connectivity index (χ1v) is 3.99. The van der Waals surface area contributed by atoms with Crippen LogP contribution in [0.5, 0.6) is 0 Å². The number of hydrogen-bond acceptors (Lipinski definition) is 0. The van der Waals surface area contributed by atoms with Crippen LogP contribution < -0.4 is 0 Å². The molecular weight excluding hydrogens is 139 g/mol. The maximum atomic E-state index is 12.7. The zero-order valence-electron chi connectivity index (χ0n) is 6.97. The molecule has 0 aliphatic carbocycles. The maximum Gasteiger partial charge on any atom is 0.123 e. The molecule has 0 aliphatic rings. The van der Waals surface area contributed by atoms with Gasteiger partial charge >= 0.3 is 0 Å². The Morgan fingerprint density at radius 3 is 2.73 bits per heavy atom. The van der Waals surface area contributed by atoms with Crippen molar-refractivity contribution < 1.29 is 4.39 Å². The van der Waals surface area contributed by atoms with E-state index in [9.17, 15) is 4.39 Å². The molecule has 0 fully saturated rings. The summed E-state index contributed by atoms with van der Waals surface area (Å²) in [4.78, 5) is 0. The van der Waals surface area contributed by atoms with Crippen LogP contribution in [0.2, 0.25) is 0 Å². The van der Waals surface area contributed by atoms with E-state index in [1.165, 1.54) is 6.07 Å². The fourth-order valence-corrected chi connectivity index (χ4v) is 1.05. The smallest absolute Gasteiger partial charge is 0.123 e. The molecule has 0 spiro atoms. The quantitative estimate of drug-likeness (QED) is 0.609. The van der Waals surface area contributed by atoms with Crippen LogP contribution >= 0.6 is 0 Å². The van der Waals surface area contributed by atoms with Crippen molar-refractivity contribution in [1.82, 2.24) is 0 Å². The van der Waals surface area contributed by atoms with Crippen LogP contribution in [0.1, 0.15) is 31.7 Å². The zero-order valence-corrected chi connectivity index (χ0v) is 6.97. The van der Waals surface area contributed by atoms with Gasteiger partial charge in [-0.15, -0.1) is 0 Å². The first-order valence-electron chi connectivity index (χ1n) is 3.99. The van der Waals surface area contributed by atoms with Gasteiger partial charge in [0.25, 0.3) is 0 Å². The van der Waals surface area contributed by atoms with E-state index in [1.807, 2.05) is 6.07 Å². The molecule has 1 rings (SSSR count). The lowest BCUT2D eigenvalue weighted by atomic mass is 9.99. The second-order valence-corrected chi connectivity index (χ2v) is 2.86. The fourth-order valence-electron chi connectivity index (χ4n) is 1.05. The summed E-state index contributed by atoms with van der Waals surface area (Å²) in [6, 6.07) is 6.81. The Bertz CT molecular complexity index is 230. The van der Waals surface area contributed by atoms with Gasteiger partial charge in [-0.2, -0.15) is 0 Å². The van der Waals surface area contributed by atoms with Crippen LogP contribution in [0, 0.1) is 5.82 Å². The van der Waals surface area contributed by atoms with Crippen molar-refractivity contribution in [2.75, 3.05) is 0 Å². The standard InChI is InChI=1S/C10H13F/c1-3-8(2)9-5-4-6-10(11)7-9/h4-8H,3H2,1-2H3/t8-/m1/s1. The van der Waals surface area contributed by atoms with Crippen molar-refractivity contribution in [3.63, 3.8) is 0 Å². The van der Waals surface area contributed by atoms with Crippen molar-refractivity contribution in [1.29, 1.82) is 0 Å². The molecule has 1 aromatic carbocycles. The molecule has 0 aliphatic heterocycles. The number of hydrogen-bond donors (Lipinski definition) is 0. The highest BCUT2D eigenvalue weighted by atomic mass is 19.1. The van der Waals surface area contributed by atoms with Gasteiger partial charge in [0.15, 0.2) is 0 Å². The Kier molecular flexibility index (Phi) is 2.64. The normalized spacial score (nSPS) is 13.0. The first-order chi connectivity index (χ1) is 5.24. The molecule has 11 heavy (non-hydrogen) atoms. The molecule has 0 saturated heterocycles. The van der Waals surface area contributed by atoms with Crippen LogP contribution in [-0.4, -0.2) is 0 Å². The molecule has 60 valence electrons. The van der Waals surface area contributed by atoms with Crippen molar-refractivity contribution >= 4 is 0 Å². The van der Waals surface area contributed by atoms with Crippen LogP contribution in [0.4, 0.5) is 4.39 Å². The van der Waals surface area contributed by atoms with Gasteiger partial charge < -0.3 is 0 Å². The number of rotatable bonds is 2. The second-order valence-electron chi connectivity index (χ2n) is 2.86. The molecule has 0 radical (unpaired) electrons. The fraction of sp³-hybridized carbons (Fsp3) is 0.400. The van der Waals surface area contributed by atoms with Gasteiger partial charge in [-0.1, -0.05) is 26.0 Å². The molecule has 1 aromatic rings. The number of halogens is 1. The predicted molar refractivity (Wildman–Crippen MR) is 45.1 cm³/mol. The zero-order chi connectivity index (χ0) is 8.27. The highest BCUT2D eigenvalue weighted by Crippen LogP contribution is 2.18. The molecule has 0 unspecified atom stereocenters. The Balaban J connectivity index is 2.86. The minimum Gasteiger partial charge on any atom is -0.207 e. The molecule has 1 heteroatoms. The minimum absolute atomic E-state index is 0.136. The summed E-state index contributed by atoms with van der Waals surface area (Å²) in [6.45, 7) is 4.21. The molecule has 0 N–H and O–H groups in total. The third-order valence-corrected chi connectivity index (χ3v) is 2.03. The van der Waals surface area contributed by atoms with Gasteiger partial charge in [0.2, 0.25) is 0 Å². The summed E-state index contributed by atoms with van der Waals surface area (Å²) < 4.78 is 12.7. The van der Waals surface area contributed by atoms with Crippen LogP contribution in [0.3, 0.4) is 0 Å². The molecule has 0 nitrogen and oxygen atoms in total. The van der Waals surface area contributed by atoms with E-state index in [0.717, 1.165) is 12.0 Å². The molecule has 0 amide bonds. The monoisotopic (exact) mass is 152 g/mol. The first kappa shape index (κ1) is 8.25. The van der Waals surface area contributed by atoms with E-state index < -0.39 is 0 Å². The number of benzene rings is 1. The second kappa shape index (κ2) is 3.51. The van der Waals surface area contributed by atoms with Gasteiger partial charge in [0.1, 0.15) is 5.82 Å². The summed E-state index contributed by atoms with van der Waals surface area (Å²) in [6.07, 6.45) is 1.06. The summed E-state index contributed by atoms with van der Waals surface area (Å²) in [5.41, 5.74) is 1.09. The van der Waals surface area contributed by atoms with Gasteiger partial charge in [0.05, 0.1) is 0 Å². The van der Waals surface area contributed by atoms with Gasteiger partial charge in [-0.05, 0) is 30.0 Å². The van der Waals surface area contributed by atoms with E-state index in [2.05, 4.69) is 13.8 Å². The molecular formula is C10H13F. The van der Waals surface area contributed by atoms with Crippen LogP contribution in [0.25, 0.3) is 0 Å². The highest BCUT2D eigenvalue weighted by molar-refractivity contribution is 5.19. The van der Waals surface area contributed by atoms with E-state index >= 15 is 0 Å². The molecule has 0 saturated carbocycles. The Hall–Kier alpha value is -0.850. The largest absolute Gasteiger partial charge is 0.207 e. The summed E-state index contributed by atoms with van der Waals surface area (Å²) in [5, 5.41) is 0. The van der Waals surface area contributed by atoms with E-state index in [1.54, 1.807) is 12.1 Å². The van der Waals surface area contributed by atoms with Gasteiger partial charge in [-0.3, -0.25) is 0 Å². The maximum absolute atomic E-state index is 12.7. The van der Waals surface area contributed by atoms with Crippen molar-refractivity contribution in [3.8, 4) is 0 Å². The Labute approximate surface area is 67.1 Å². The van der Waals surface area contributed by atoms with Crippen LogP contribution in [0.15, 0.2) is 24.3 Å². The van der Waals surface area contributed by atoms with Crippen LogP contribution in [-0.2, 0) is 0 Å². The highest BCUT2D eigenvalue weighted by Gasteiger charge is 2.02. The average molecular weight is 152 g/mol. The third kappa shape index (κ3) is 2.04. The predicted octanol–water partition coefficient (Wildman–Crippen LogP) is 3.34.